The van der Waals surface area contributed by atoms with Crippen LogP contribution in [0.25, 0.3) is 83.3 Å². The lowest BCUT2D eigenvalue weighted by Gasteiger charge is -2.29. The monoisotopic (exact) mass is 640 g/mol. The van der Waals surface area contributed by atoms with E-state index in [-0.39, 0.29) is 11.8 Å². The number of nitrogens with zero attached hydrogens (tertiary/aromatic N) is 4. The Kier molecular flexibility index (Phi) is 5.72. The van der Waals surface area contributed by atoms with Crippen molar-refractivity contribution in [3.8, 4) is 17.3 Å². The van der Waals surface area contributed by atoms with Gasteiger partial charge in [-0.05, 0) is 40.4 Å². The number of aromatic nitrogens is 4. The highest BCUT2D eigenvalue weighted by molar-refractivity contribution is 6.20. The molecule has 11 rings (SSSR count). The molecule has 234 valence electrons. The molecule has 0 bridgehead atoms. The molecule has 5 nitrogen and oxygen atoms in total. The van der Waals surface area contributed by atoms with Crippen LogP contribution in [0, 0.1) is 5.92 Å². The third-order valence-corrected chi connectivity index (χ3v) is 10.4. The van der Waals surface area contributed by atoms with Crippen molar-refractivity contribution in [2.75, 3.05) is 0 Å². The topological polar surface area (TPSA) is 56.7 Å². The van der Waals surface area contributed by atoms with Crippen LogP contribution in [0.3, 0.4) is 0 Å². The molecule has 6 aromatic carbocycles. The minimum Gasteiger partial charge on any atom is -0.460 e. The Bertz CT molecular complexity index is 2940. The summed E-state index contributed by atoms with van der Waals surface area (Å²) in [5.74, 6) is 2.92. The van der Waals surface area contributed by atoms with E-state index in [9.17, 15) is 0 Å². The highest BCUT2D eigenvalue weighted by atomic mass is 16.3. The van der Waals surface area contributed by atoms with Gasteiger partial charge in [-0.2, -0.15) is 9.97 Å². The number of para-hydroxylation sites is 1. The van der Waals surface area contributed by atoms with Crippen LogP contribution in [-0.2, 0) is 0 Å². The van der Waals surface area contributed by atoms with Gasteiger partial charge >= 0.3 is 0 Å². The molecule has 3 aromatic heterocycles. The molecule has 0 amide bonds. The summed E-state index contributed by atoms with van der Waals surface area (Å²) in [5.41, 5.74) is 6.12. The second-order valence-corrected chi connectivity index (χ2v) is 13.2. The molecular formula is C45H28N4O. The third-order valence-electron chi connectivity index (χ3n) is 10.4. The molecule has 5 heteroatoms. The van der Waals surface area contributed by atoms with E-state index in [0.717, 1.165) is 49.8 Å². The third kappa shape index (κ3) is 3.98. The van der Waals surface area contributed by atoms with Crippen molar-refractivity contribution in [1.29, 1.82) is 0 Å². The van der Waals surface area contributed by atoms with Crippen LogP contribution in [-0.4, -0.2) is 19.5 Å². The maximum Gasteiger partial charge on any atom is 0.238 e. The van der Waals surface area contributed by atoms with Crippen molar-refractivity contribution in [3.05, 3.63) is 169 Å². The largest absolute Gasteiger partial charge is 0.460 e. The van der Waals surface area contributed by atoms with Crippen molar-refractivity contribution in [1.82, 2.24) is 19.5 Å². The lowest BCUT2D eigenvalue weighted by Crippen LogP contribution is -2.19. The first-order chi connectivity index (χ1) is 24.8. The minimum absolute atomic E-state index is 0.00913. The van der Waals surface area contributed by atoms with E-state index in [4.69, 9.17) is 19.4 Å². The highest BCUT2D eigenvalue weighted by Crippen LogP contribution is 2.48. The average molecular weight is 641 g/mol. The van der Waals surface area contributed by atoms with Crippen molar-refractivity contribution < 1.29 is 4.42 Å². The minimum atomic E-state index is 0.00913. The molecular weight excluding hydrogens is 613 g/mol. The number of hydrogen-bond donors (Lipinski definition) is 0. The van der Waals surface area contributed by atoms with E-state index in [0.29, 0.717) is 17.6 Å². The summed E-state index contributed by atoms with van der Waals surface area (Å²) in [7, 11) is 0. The summed E-state index contributed by atoms with van der Waals surface area (Å²) in [6, 6.07) is 44.7. The van der Waals surface area contributed by atoms with Crippen molar-refractivity contribution in [2.45, 2.75) is 5.92 Å². The quantitative estimate of drug-likeness (QED) is 0.193. The standard InChI is InChI=1S/C45H28N4O/c1-2-13-28(14-3-1)43-46-44(38-26-37-33-19-10-11-21-40(33)50-42(37)35-20-9-8-18-32(35)38)48-45(47-43)49-39-25-30-16-5-4-15-29(30)24-36(39)34-23-22-27-12-6-7-17-31(27)41(34)49/h1-26,32,35H. The first-order valence-electron chi connectivity index (χ1n) is 17.0. The fourth-order valence-electron chi connectivity index (χ4n) is 8.08. The first-order valence-corrected chi connectivity index (χ1v) is 17.0. The van der Waals surface area contributed by atoms with Gasteiger partial charge in [0.05, 0.1) is 11.0 Å². The summed E-state index contributed by atoms with van der Waals surface area (Å²) in [4.78, 5) is 15.9. The van der Waals surface area contributed by atoms with Crippen molar-refractivity contribution in [2.24, 2.45) is 5.92 Å². The number of allylic oxidation sites excluding steroid dienone is 5. The van der Waals surface area contributed by atoms with E-state index in [1.54, 1.807) is 0 Å². The zero-order valence-electron chi connectivity index (χ0n) is 26.9. The number of furan rings is 1. The molecule has 2 unspecified atom stereocenters. The molecule has 2 aliphatic rings. The van der Waals surface area contributed by atoms with E-state index in [1.165, 1.54) is 26.9 Å². The van der Waals surface area contributed by atoms with Crippen LogP contribution in [0.1, 0.15) is 23.1 Å². The molecule has 0 saturated heterocycles. The van der Waals surface area contributed by atoms with E-state index < -0.39 is 0 Å². The van der Waals surface area contributed by atoms with Gasteiger partial charge in [0, 0.05) is 50.1 Å². The Morgan fingerprint density at radius 3 is 2.10 bits per heavy atom. The number of fused-ring (bicyclic) bond motifs is 11. The molecule has 0 spiro atoms. The summed E-state index contributed by atoms with van der Waals surface area (Å²) in [6.07, 6.45) is 11.0. The van der Waals surface area contributed by atoms with Crippen molar-refractivity contribution >= 4 is 66.0 Å². The molecule has 9 aromatic rings. The SMILES string of the molecule is C1=CC2C(c3nc(-c4ccccc4)nc(-n4c5cc6ccccc6cc5c5ccc6ccccc6c54)n3)=Cc3c(oc4ccccc34)C2C=C1. The molecule has 50 heavy (non-hydrogen) atoms. The smallest absolute Gasteiger partial charge is 0.238 e. The molecule has 0 fully saturated rings. The zero-order valence-corrected chi connectivity index (χ0v) is 26.9. The van der Waals surface area contributed by atoms with E-state index in [2.05, 4.69) is 132 Å². The predicted octanol–water partition coefficient (Wildman–Crippen LogP) is 11.1. The second kappa shape index (κ2) is 10.5. The average Bonchev–Trinajstić information content (AvgIpc) is 3.72. The van der Waals surface area contributed by atoms with Gasteiger partial charge in [0.25, 0.3) is 0 Å². The Morgan fingerprint density at radius 1 is 0.540 bits per heavy atom. The molecule has 2 atom stereocenters. The fraction of sp³-hybridized carbons (Fsp3) is 0.0444. The van der Waals surface area contributed by atoms with Crippen LogP contribution in [0.4, 0.5) is 0 Å². The Labute approximate surface area is 287 Å². The molecule has 0 saturated carbocycles. The van der Waals surface area contributed by atoms with Crippen LogP contribution >= 0.6 is 0 Å². The number of hydrogen-bond acceptors (Lipinski definition) is 4. The van der Waals surface area contributed by atoms with E-state index in [1.807, 2.05) is 30.3 Å². The van der Waals surface area contributed by atoms with Gasteiger partial charge in [0.15, 0.2) is 11.6 Å². The molecule has 3 heterocycles. The van der Waals surface area contributed by atoms with Gasteiger partial charge in [-0.25, -0.2) is 4.98 Å². The lowest BCUT2D eigenvalue weighted by molar-refractivity contribution is 0.496. The normalized spacial score (nSPS) is 16.8. The summed E-state index contributed by atoms with van der Waals surface area (Å²) < 4.78 is 8.76. The van der Waals surface area contributed by atoms with Crippen LogP contribution in [0.15, 0.2) is 156 Å². The second-order valence-electron chi connectivity index (χ2n) is 13.2. The highest BCUT2D eigenvalue weighted by Gasteiger charge is 2.36. The number of rotatable bonds is 3. The number of benzene rings is 6. The van der Waals surface area contributed by atoms with Gasteiger partial charge in [-0.15, -0.1) is 0 Å². The summed E-state index contributed by atoms with van der Waals surface area (Å²) >= 11 is 0. The fourth-order valence-corrected chi connectivity index (χ4v) is 8.08. The maximum absolute atomic E-state index is 6.51. The van der Waals surface area contributed by atoms with Crippen molar-refractivity contribution in [3.63, 3.8) is 0 Å². The maximum atomic E-state index is 6.51. The van der Waals surface area contributed by atoms with Gasteiger partial charge in [0.2, 0.25) is 5.95 Å². The molecule has 0 radical (unpaired) electrons. The lowest BCUT2D eigenvalue weighted by atomic mass is 9.75. The molecule has 0 aliphatic heterocycles. The first kappa shape index (κ1) is 27.4. The molecule has 0 N–H and O–H groups in total. The summed E-state index contributed by atoms with van der Waals surface area (Å²) in [5, 5.41) is 8.12. The van der Waals surface area contributed by atoms with Gasteiger partial charge < -0.3 is 4.42 Å². The van der Waals surface area contributed by atoms with Gasteiger partial charge in [-0.1, -0.05) is 133 Å². The Hall–Kier alpha value is -6.59. The predicted molar refractivity (Wildman–Crippen MR) is 203 cm³/mol. The summed E-state index contributed by atoms with van der Waals surface area (Å²) in [6.45, 7) is 0. The zero-order chi connectivity index (χ0) is 32.8. The van der Waals surface area contributed by atoms with Crippen LogP contribution in [0.2, 0.25) is 0 Å². The van der Waals surface area contributed by atoms with Crippen LogP contribution < -0.4 is 0 Å². The van der Waals surface area contributed by atoms with E-state index >= 15 is 0 Å². The van der Waals surface area contributed by atoms with Gasteiger partial charge in [-0.3, -0.25) is 4.57 Å². The molecule has 2 aliphatic carbocycles. The van der Waals surface area contributed by atoms with Crippen LogP contribution in [0.5, 0.6) is 0 Å². The Morgan fingerprint density at radius 2 is 1.24 bits per heavy atom. The Balaban J connectivity index is 1.25. The van der Waals surface area contributed by atoms with Gasteiger partial charge in [0.1, 0.15) is 11.3 Å².